The van der Waals surface area contributed by atoms with Crippen LogP contribution in [0.2, 0.25) is 0 Å². The van der Waals surface area contributed by atoms with Crippen LogP contribution in [-0.2, 0) is 23.9 Å². The van der Waals surface area contributed by atoms with Crippen LogP contribution in [0.5, 0.6) is 0 Å². The van der Waals surface area contributed by atoms with Crippen LogP contribution < -0.4 is 5.32 Å². The molecule has 4 aliphatic rings. The SMILES string of the molecule is CC(=O)NC(C=O)CC(=O)OC1CCC2(C)C(CCC3C4CCC(CCCC(=O)O)C4(C)CCC32)C1. The lowest BCUT2D eigenvalue weighted by molar-refractivity contribution is -0.163. The van der Waals surface area contributed by atoms with Crippen LogP contribution in [0.1, 0.15) is 104 Å². The number of aldehydes is 1. The Morgan fingerprint density at radius 2 is 1.75 bits per heavy atom. The van der Waals surface area contributed by atoms with Crippen molar-refractivity contribution in [1.29, 1.82) is 0 Å². The summed E-state index contributed by atoms with van der Waals surface area (Å²) in [5.74, 6) is 2.05. The zero-order valence-corrected chi connectivity index (χ0v) is 22.3. The number of nitrogens with one attached hydrogen (secondary N) is 1. The van der Waals surface area contributed by atoms with Crippen LogP contribution in [0.25, 0.3) is 0 Å². The van der Waals surface area contributed by atoms with E-state index in [4.69, 9.17) is 9.84 Å². The summed E-state index contributed by atoms with van der Waals surface area (Å²) in [6, 6.07) is -0.824. The Kier molecular flexibility index (Phi) is 8.16. The number of carbonyl (C=O) groups is 4. The van der Waals surface area contributed by atoms with Crippen LogP contribution in [0.15, 0.2) is 0 Å². The van der Waals surface area contributed by atoms with E-state index < -0.39 is 18.0 Å². The topological polar surface area (TPSA) is 110 Å². The first-order chi connectivity index (χ1) is 17.1. The fraction of sp³-hybridized carbons (Fsp3) is 0.862. The number of carboxylic acids is 1. The highest BCUT2D eigenvalue weighted by Crippen LogP contribution is 2.68. The fourth-order valence-electron chi connectivity index (χ4n) is 9.22. The second kappa shape index (κ2) is 10.8. The van der Waals surface area contributed by atoms with E-state index in [1.165, 1.54) is 45.4 Å². The van der Waals surface area contributed by atoms with E-state index in [-0.39, 0.29) is 30.3 Å². The van der Waals surface area contributed by atoms with Gasteiger partial charge in [0.2, 0.25) is 5.91 Å². The Morgan fingerprint density at radius 3 is 2.44 bits per heavy atom. The third-order valence-corrected chi connectivity index (χ3v) is 11.0. The molecule has 4 saturated carbocycles. The number of fused-ring (bicyclic) bond motifs is 5. The molecule has 4 rings (SSSR count). The largest absolute Gasteiger partial charge is 0.481 e. The molecule has 0 bridgehead atoms. The van der Waals surface area contributed by atoms with Crippen LogP contribution >= 0.6 is 0 Å². The molecule has 4 aliphatic carbocycles. The van der Waals surface area contributed by atoms with Crippen LogP contribution in [-0.4, -0.2) is 41.4 Å². The summed E-state index contributed by atoms with van der Waals surface area (Å²) >= 11 is 0. The lowest BCUT2D eigenvalue weighted by atomic mass is 9.44. The molecule has 4 fully saturated rings. The van der Waals surface area contributed by atoms with Gasteiger partial charge in [-0.3, -0.25) is 14.4 Å². The molecule has 36 heavy (non-hydrogen) atoms. The normalized spacial score (nSPS) is 40.2. The second-order valence-corrected chi connectivity index (χ2v) is 12.8. The number of amides is 1. The summed E-state index contributed by atoms with van der Waals surface area (Å²) in [7, 11) is 0. The average Bonchev–Trinajstić information content (AvgIpc) is 3.14. The van der Waals surface area contributed by atoms with E-state index in [0.29, 0.717) is 23.5 Å². The molecule has 0 spiro atoms. The highest BCUT2D eigenvalue weighted by molar-refractivity contribution is 5.81. The van der Waals surface area contributed by atoms with Gasteiger partial charge in [0.25, 0.3) is 0 Å². The molecular weight excluding hydrogens is 458 g/mol. The van der Waals surface area contributed by atoms with Crippen LogP contribution in [0.3, 0.4) is 0 Å². The molecule has 1 amide bonds. The number of carboxylic acid groups (broad SMARTS) is 1. The third kappa shape index (κ3) is 5.35. The zero-order valence-electron chi connectivity index (χ0n) is 22.3. The molecule has 0 saturated heterocycles. The lowest BCUT2D eigenvalue weighted by Gasteiger charge is -2.61. The third-order valence-electron chi connectivity index (χ3n) is 11.0. The number of rotatable bonds is 9. The summed E-state index contributed by atoms with van der Waals surface area (Å²) in [4.78, 5) is 45.9. The molecule has 7 nitrogen and oxygen atoms in total. The van der Waals surface area contributed by atoms with Gasteiger partial charge in [0.15, 0.2) is 0 Å². The molecule has 0 heterocycles. The maximum absolute atomic E-state index is 12.5. The molecule has 0 aromatic rings. The van der Waals surface area contributed by atoms with Crippen molar-refractivity contribution in [1.82, 2.24) is 5.32 Å². The Balaban J connectivity index is 1.35. The minimum absolute atomic E-state index is 0.101. The molecule has 202 valence electrons. The standard InChI is InChI=1S/C29H45NO6/c1-18(32)30-21(17-31)16-27(35)36-22-11-13-29(3)20(15-22)7-9-23-24-10-8-19(5-4-6-26(33)34)28(24,2)14-12-25(23)29/h17,19-25H,4-16H2,1-3H3,(H,30,32)(H,33,34). The Labute approximate surface area is 215 Å². The summed E-state index contributed by atoms with van der Waals surface area (Å²) in [5, 5.41) is 11.6. The molecule has 0 radical (unpaired) electrons. The Hall–Kier alpha value is -1.92. The molecule has 0 aromatic heterocycles. The summed E-state index contributed by atoms with van der Waals surface area (Å²) in [5.41, 5.74) is 0.648. The maximum Gasteiger partial charge on any atom is 0.308 e. The number of esters is 1. The first-order valence-electron chi connectivity index (χ1n) is 14.2. The van der Waals surface area contributed by atoms with Crippen molar-refractivity contribution in [3.05, 3.63) is 0 Å². The van der Waals surface area contributed by atoms with Gasteiger partial charge in [0.05, 0.1) is 12.5 Å². The van der Waals surface area contributed by atoms with E-state index in [1.807, 2.05) is 0 Å². The predicted molar refractivity (Wildman–Crippen MR) is 135 cm³/mol. The first kappa shape index (κ1) is 27.1. The fourth-order valence-corrected chi connectivity index (χ4v) is 9.22. The summed E-state index contributed by atoms with van der Waals surface area (Å²) < 4.78 is 5.80. The second-order valence-electron chi connectivity index (χ2n) is 12.8. The van der Waals surface area contributed by atoms with E-state index in [0.717, 1.165) is 49.9 Å². The van der Waals surface area contributed by atoms with Gasteiger partial charge in [-0.25, -0.2) is 0 Å². The molecule has 2 N–H and O–H groups in total. The lowest BCUT2D eigenvalue weighted by Crippen LogP contribution is -2.54. The van der Waals surface area contributed by atoms with Crippen molar-refractivity contribution in [2.45, 2.75) is 116 Å². The smallest absolute Gasteiger partial charge is 0.308 e. The van der Waals surface area contributed by atoms with Crippen molar-refractivity contribution in [2.75, 3.05) is 0 Å². The number of hydrogen-bond acceptors (Lipinski definition) is 5. The minimum Gasteiger partial charge on any atom is -0.481 e. The average molecular weight is 504 g/mol. The van der Waals surface area contributed by atoms with Crippen molar-refractivity contribution in [3.63, 3.8) is 0 Å². The molecule has 0 aliphatic heterocycles. The monoisotopic (exact) mass is 503 g/mol. The van der Waals surface area contributed by atoms with Crippen molar-refractivity contribution < 1.29 is 29.0 Å². The first-order valence-corrected chi connectivity index (χ1v) is 14.2. The summed E-state index contributed by atoms with van der Waals surface area (Å²) in [6.45, 7) is 6.33. The van der Waals surface area contributed by atoms with Gasteiger partial charge < -0.3 is 20.0 Å². The molecule has 7 heteroatoms. The van der Waals surface area contributed by atoms with Gasteiger partial charge in [0, 0.05) is 13.3 Å². The van der Waals surface area contributed by atoms with Gasteiger partial charge in [-0.15, -0.1) is 0 Å². The molecule has 9 unspecified atom stereocenters. The van der Waals surface area contributed by atoms with Crippen molar-refractivity contribution in [2.24, 2.45) is 40.4 Å². The molecule has 0 aromatic carbocycles. The van der Waals surface area contributed by atoms with Gasteiger partial charge in [-0.1, -0.05) is 13.8 Å². The highest BCUT2D eigenvalue weighted by atomic mass is 16.5. The van der Waals surface area contributed by atoms with Crippen LogP contribution in [0, 0.1) is 40.4 Å². The Morgan fingerprint density at radius 1 is 1.03 bits per heavy atom. The van der Waals surface area contributed by atoms with E-state index in [9.17, 15) is 19.2 Å². The van der Waals surface area contributed by atoms with Gasteiger partial charge in [-0.05, 0) is 111 Å². The molecular formula is C29H45NO6. The van der Waals surface area contributed by atoms with Gasteiger partial charge in [-0.2, -0.15) is 0 Å². The minimum atomic E-state index is -0.824. The van der Waals surface area contributed by atoms with Crippen molar-refractivity contribution >= 4 is 24.1 Å². The molecule has 9 atom stereocenters. The predicted octanol–water partition coefficient (Wildman–Crippen LogP) is 4.91. The Bertz CT molecular complexity index is 859. The number of aliphatic carboxylic acids is 1. The highest BCUT2D eigenvalue weighted by Gasteiger charge is 2.60. The van der Waals surface area contributed by atoms with Crippen molar-refractivity contribution in [3.8, 4) is 0 Å². The van der Waals surface area contributed by atoms with E-state index >= 15 is 0 Å². The summed E-state index contributed by atoms with van der Waals surface area (Å²) in [6.07, 6.45) is 12.9. The quantitative estimate of drug-likeness (QED) is 0.342. The van der Waals surface area contributed by atoms with Gasteiger partial charge >= 0.3 is 11.9 Å². The van der Waals surface area contributed by atoms with Crippen LogP contribution in [0.4, 0.5) is 0 Å². The zero-order chi connectivity index (χ0) is 26.1. The maximum atomic E-state index is 12.5. The number of carbonyl (C=O) groups excluding carboxylic acids is 3. The number of ether oxygens (including phenoxy) is 1. The van der Waals surface area contributed by atoms with E-state index in [1.54, 1.807) is 0 Å². The van der Waals surface area contributed by atoms with Gasteiger partial charge in [0.1, 0.15) is 12.4 Å². The number of hydrogen-bond donors (Lipinski definition) is 2. The van der Waals surface area contributed by atoms with E-state index in [2.05, 4.69) is 19.2 Å².